The van der Waals surface area contributed by atoms with E-state index in [2.05, 4.69) is 16.4 Å². The van der Waals surface area contributed by atoms with E-state index in [-0.39, 0.29) is 11.3 Å². The molecule has 3 rings (SSSR count). The minimum Gasteiger partial charge on any atom is -0.381 e. The maximum Gasteiger partial charge on any atom is 0.152 e. The molecule has 2 aromatic rings. The topological polar surface area (TPSA) is 59.1 Å². The Bertz CT molecular complexity index is 737. The number of fused-ring (bicyclic) bond motifs is 1. The average molecular weight is 310 g/mol. The monoisotopic (exact) mass is 310 g/mol. The lowest BCUT2D eigenvalue weighted by Crippen LogP contribution is -2.34. The number of sulfone groups is 1. The molecule has 1 aromatic heterocycles. The first-order valence-corrected chi connectivity index (χ1v) is 9.53. The molecule has 0 spiro atoms. The van der Waals surface area contributed by atoms with Crippen LogP contribution in [-0.4, -0.2) is 30.9 Å². The van der Waals surface area contributed by atoms with E-state index in [0.29, 0.717) is 0 Å². The fourth-order valence-electron chi connectivity index (χ4n) is 2.95. The van der Waals surface area contributed by atoms with Gasteiger partial charge in [0, 0.05) is 18.0 Å². The molecule has 1 aliphatic rings. The first kappa shape index (κ1) is 13.8. The molecule has 2 unspecified atom stereocenters. The first-order chi connectivity index (χ1) is 9.43. The second kappa shape index (κ2) is 5.00. The van der Waals surface area contributed by atoms with Gasteiger partial charge in [-0.3, -0.25) is 0 Å². The van der Waals surface area contributed by atoms with E-state index in [4.69, 9.17) is 0 Å². The lowest BCUT2D eigenvalue weighted by atomic mass is 10.2. The quantitative estimate of drug-likeness (QED) is 0.947. The fraction of sp³-hybridized carbons (Fsp3) is 0.500. The van der Waals surface area contributed by atoms with Gasteiger partial charge in [0.05, 0.1) is 20.5 Å². The summed E-state index contributed by atoms with van der Waals surface area (Å²) in [7, 11) is -2.98. The Morgan fingerprint density at radius 3 is 2.90 bits per heavy atom. The lowest BCUT2D eigenvalue weighted by molar-refractivity contribution is 0.579. The van der Waals surface area contributed by atoms with Crippen molar-refractivity contribution in [1.82, 2.24) is 4.98 Å². The van der Waals surface area contributed by atoms with Crippen LogP contribution < -0.4 is 5.32 Å². The Morgan fingerprint density at radius 1 is 1.35 bits per heavy atom. The predicted octanol–water partition coefficient (Wildman–Crippen LogP) is 2.98. The number of rotatable bonds is 3. The molecule has 0 aliphatic heterocycles. The molecule has 1 fully saturated rings. The summed E-state index contributed by atoms with van der Waals surface area (Å²) in [6.45, 7) is 1.99. The zero-order chi connectivity index (χ0) is 14.3. The van der Waals surface area contributed by atoms with Crippen LogP contribution in [0.2, 0.25) is 0 Å². The van der Waals surface area contributed by atoms with Crippen LogP contribution in [0.5, 0.6) is 0 Å². The summed E-state index contributed by atoms with van der Waals surface area (Å²) >= 11 is 1.66. The van der Waals surface area contributed by atoms with Crippen LogP contribution in [0, 0.1) is 6.92 Å². The molecule has 2 atom stereocenters. The molecule has 0 saturated heterocycles. The average Bonchev–Trinajstić information content (AvgIpc) is 2.93. The Hall–Kier alpha value is -1.14. The van der Waals surface area contributed by atoms with E-state index >= 15 is 0 Å². The van der Waals surface area contributed by atoms with Crippen LogP contribution >= 0.6 is 11.3 Å². The number of hydrogen-bond donors (Lipinski definition) is 1. The van der Waals surface area contributed by atoms with Gasteiger partial charge in [-0.05, 0) is 44.4 Å². The van der Waals surface area contributed by atoms with Crippen molar-refractivity contribution in [1.29, 1.82) is 0 Å². The summed E-state index contributed by atoms with van der Waals surface area (Å²) in [5.74, 6) is 0. The van der Waals surface area contributed by atoms with Gasteiger partial charge in [-0.2, -0.15) is 0 Å². The molecule has 0 amide bonds. The highest BCUT2D eigenvalue weighted by molar-refractivity contribution is 7.91. The lowest BCUT2D eigenvalue weighted by Gasteiger charge is -2.20. The first-order valence-electron chi connectivity index (χ1n) is 6.76. The molecule has 0 radical (unpaired) electrons. The van der Waals surface area contributed by atoms with Gasteiger partial charge in [-0.1, -0.05) is 0 Å². The SMILES string of the molecule is Cc1nc2ccc(NC3CCCC3S(C)(=O)=O)cc2s1. The van der Waals surface area contributed by atoms with E-state index in [1.807, 2.05) is 19.1 Å². The summed E-state index contributed by atoms with van der Waals surface area (Å²) in [6, 6.07) is 6.07. The molecule has 0 bridgehead atoms. The fourth-order valence-corrected chi connectivity index (χ4v) is 5.21. The van der Waals surface area contributed by atoms with Gasteiger partial charge in [0.15, 0.2) is 9.84 Å². The molecule has 4 nitrogen and oxygen atoms in total. The Balaban J connectivity index is 1.85. The number of anilines is 1. The highest BCUT2D eigenvalue weighted by atomic mass is 32.2. The van der Waals surface area contributed by atoms with Crippen LogP contribution in [0.4, 0.5) is 5.69 Å². The molecule has 1 heterocycles. The van der Waals surface area contributed by atoms with Crippen molar-refractivity contribution in [2.75, 3.05) is 11.6 Å². The van der Waals surface area contributed by atoms with Crippen molar-refractivity contribution < 1.29 is 8.42 Å². The van der Waals surface area contributed by atoms with Gasteiger partial charge in [-0.15, -0.1) is 11.3 Å². The highest BCUT2D eigenvalue weighted by Gasteiger charge is 2.34. The molecule has 1 saturated carbocycles. The zero-order valence-corrected chi connectivity index (χ0v) is 13.2. The number of hydrogen-bond acceptors (Lipinski definition) is 5. The van der Waals surface area contributed by atoms with Crippen LogP contribution in [0.1, 0.15) is 24.3 Å². The Labute approximate surface area is 123 Å². The van der Waals surface area contributed by atoms with Crippen molar-refractivity contribution in [2.45, 2.75) is 37.5 Å². The van der Waals surface area contributed by atoms with E-state index < -0.39 is 9.84 Å². The Morgan fingerprint density at radius 2 is 2.15 bits per heavy atom. The third-order valence-electron chi connectivity index (χ3n) is 3.85. The largest absolute Gasteiger partial charge is 0.381 e. The third-order valence-corrected chi connectivity index (χ3v) is 6.45. The molecule has 1 aliphatic carbocycles. The second-order valence-electron chi connectivity index (χ2n) is 5.47. The number of nitrogens with one attached hydrogen (secondary N) is 1. The number of nitrogens with zero attached hydrogens (tertiary/aromatic N) is 1. The summed E-state index contributed by atoms with van der Waals surface area (Å²) in [5, 5.41) is 4.18. The summed E-state index contributed by atoms with van der Waals surface area (Å²) in [6.07, 6.45) is 3.99. The standard InChI is InChI=1S/C14H18N2O2S2/c1-9-15-11-7-6-10(8-13(11)19-9)16-12-4-3-5-14(12)20(2,17)18/h6-8,12,14,16H,3-5H2,1-2H3. The van der Waals surface area contributed by atoms with Gasteiger partial charge in [0.25, 0.3) is 0 Å². The molecule has 1 N–H and O–H groups in total. The van der Waals surface area contributed by atoms with E-state index in [9.17, 15) is 8.42 Å². The normalized spacial score (nSPS) is 23.3. The third kappa shape index (κ3) is 2.67. The molecule has 1 aromatic carbocycles. The maximum atomic E-state index is 11.8. The van der Waals surface area contributed by atoms with E-state index in [1.165, 1.54) is 6.26 Å². The van der Waals surface area contributed by atoms with Crippen LogP contribution in [-0.2, 0) is 9.84 Å². The molecule has 6 heteroatoms. The number of aromatic nitrogens is 1. The van der Waals surface area contributed by atoms with Crippen LogP contribution in [0.15, 0.2) is 18.2 Å². The second-order valence-corrected chi connectivity index (χ2v) is 8.96. The van der Waals surface area contributed by atoms with Gasteiger partial charge in [0.1, 0.15) is 0 Å². The highest BCUT2D eigenvalue weighted by Crippen LogP contribution is 2.30. The minimum absolute atomic E-state index is 0.0245. The predicted molar refractivity (Wildman–Crippen MR) is 84.3 cm³/mol. The van der Waals surface area contributed by atoms with Crippen molar-refractivity contribution in [3.05, 3.63) is 23.2 Å². The van der Waals surface area contributed by atoms with E-state index in [0.717, 1.165) is 40.2 Å². The number of thiazole rings is 1. The van der Waals surface area contributed by atoms with Crippen molar-refractivity contribution in [3.8, 4) is 0 Å². The molecular weight excluding hydrogens is 292 g/mol. The molecular formula is C14H18N2O2S2. The zero-order valence-electron chi connectivity index (χ0n) is 11.6. The molecule has 108 valence electrons. The van der Waals surface area contributed by atoms with Gasteiger partial charge >= 0.3 is 0 Å². The van der Waals surface area contributed by atoms with Gasteiger partial charge in [-0.25, -0.2) is 13.4 Å². The van der Waals surface area contributed by atoms with Gasteiger partial charge in [0.2, 0.25) is 0 Å². The van der Waals surface area contributed by atoms with Crippen LogP contribution in [0.25, 0.3) is 10.2 Å². The molecule has 20 heavy (non-hydrogen) atoms. The smallest absolute Gasteiger partial charge is 0.152 e. The minimum atomic E-state index is -2.98. The summed E-state index contributed by atoms with van der Waals surface area (Å²) in [5.41, 5.74) is 1.99. The van der Waals surface area contributed by atoms with Crippen molar-refractivity contribution in [2.24, 2.45) is 0 Å². The summed E-state index contributed by atoms with van der Waals surface area (Å²) < 4.78 is 24.7. The van der Waals surface area contributed by atoms with Crippen LogP contribution in [0.3, 0.4) is 0 Å². The number of aryl methyl sites for hydroxylation is 1. The Kier molecular flexibility index (Phi) is 3.46. The van der Waals surface area contributed by atoms with Crippen molar-refractivity contribution >= 4 is 37.1 Å². The van der Waals surface area contributed by atoms with Gasteiger partial charge < -0.3 is 5.32 Å². The number of benzene rings is 1. The summed E-state index contributed by atoms with van der Waals surface area (Å²) in [4.78, 5) is 4.44. The maximum absolute atomic E-state index is 11.8. The van der Waals surface area contributed by atoms with Crippen molar-refractivity contribution in [3.63, 3.8) is 0 Å². The van der Waals surface area contributed by atoms with E-state index in [1.54, 1.807) is 11.3 Å².